The van der Waals surface area contributed by atoms with Crippen LogP contribution in [0.1, 0.15) is 31.1 Å². The number of benzene rings is 1. The maximum atomic E-state index is 5.92. The number of hydrogen-bond donors (Lipinski definition) is 1. The first kappa shape index (κ1) is 13.7. The summed E-state index contributed by atoms with van der Waals surface area (Å²) in [6.45, 7) is 5.22. The fraction of sp³-hybridized carbons (Fsp3) is 0.529. The van der Waals surface area contributed by atoms with E-state index in [0.717, 1.165) is 43.4 Å². The van der Waals surface area contributed by atoms with Crippen LogP contribution < -0.4 is 5.32 Å². The molecule has 108 valence electrons. The Morgan fingerprint density at radius 3 is 2.85 bits per heavy atom. The lowest BCUT2D eigenvalue weighted by atomic mass is 10.1. The Bertz CT molecular complexity index is 571. The van der Waals surface area contributed by atoms with E-state index in [4.69, 9.17) is 4.42 Å². The standard InChI is InChI=1S/C17H24N2O/c1-3-16-15(14-6-4-5-7-17(14)20-16)12-18-10-11-19(2)13-8-9-13/h4-7,13,18H,3,8-12H2,1-2H3. The van der Waals surface area contributed by atoms with Crippen LogP contribution in [0.25, 0.3) is 11.0 Å². The molecular weight excluding hydrogens is 248 g/mol. The van der Waals surface area contributed by atoms with Gasteiger partial charge in [0.15, 0.2) is 0 Å². The molecule has 0 amide bonds. The van der Waals surface area contributed by atoms with Crippen molar-refractivity contribution in [1.82, 2.24) is 10.2 Å². The largest absolute Gasteiger partial charge is 0.461 e. The number of nitrogens with one attached hydrogen (secondary N) is 1. The average Bonchev–Trinajstić information content (AvgIpc) is 3.26. The number of rotatable bonds is 7. The van der Waals surface area contributed by atoms with Crippen molar-refractivity contribution in [3.8, 4) is 0 Å². The quantitative estimate of drug-likeness (QED) is 0.785. The van der Waals surface area contributed by atoms with Crippen LogP contribution in [0.15, 0.2) is 28.7 Å². The lowest BCUT2D eigenvalue weighted by Gasteiger charge is -2.15. The maximum Gasteiger partial charge on any atom is 0.134 e. The molecule has 1 aromatic heterocycles. The third-order valence-electron chi connectivity index (χ3n) is 4.22. The van der Waals surface area contributed by atoms with Crippen molar-refractivity contribution in [2.45, 2.75) is 38.8 Å². The summed E-state index contributed by atoms with van der Waals surface area (Å²) in [4.78, 5) is 2.46. The number of nitrogens with zero attached hydrogens (tertiary/aromatic N) is 1. The molecule has 3 nitrogen and oxygen atoms in total. The molecule has 0 spiro atoms. The zero-order chi connectivity index (χ0) is 13.9. The molecule has 1 aliphatic carbocycles. The minimum atomic E-state index is 0.845. The van der Waals surface area contributed by atoms with E-state index in [9.17, 15) is 0 Å². The van der Waals surface area contributed by atoms with Gasteiger partial charge in [-0.05, 0) is 26.0 Å². The monoisotopic (exact) mass is 272 g/mol. The van der Waals surface area contributed by atoms with Crippen molar-refractivity contribution in [2.75, 3.05) is 20.1 Å². The topological polar surface area (TPSA) is 28.4 Å². The number of para-hydroxylation sites is 1. The molecule has 1 heterocycles. The molecule has 0 bridgehead atoms. The molecule has 0 radical (unpaired) electrons. The van der Waals surface area contributed by atoms with Gasteiger partial charge in [-0.3, -0.25) is 0 Å². The van der Waals surface area contributed by atoms with Crippen molar-refractivity contribution in [3.63, 3.8) is 0 Å². The number of aryl methyl sites for hydroxylation is 1. The molecule has 1 fully saturated rings. The van der Waals surface area contributed by atoms with Crippen LogP contribution in [-0.2, 0) is 13.0 Å². The Morgan fingerprint density at radius 2 is 2.10 bits per heavy atom. The molecule has 1 N–H and O–H groups in total. The molecule has 3 heteroatoms. The first-order valence-corrected chi connectivity index (χ1v) is 7.70. The third-order valence-corrected chi connectivity index (χ3v) is 4.22. The van der Waals surface area contributed by atoms with Gasteiger partial charge in [-0.15, -0.1) is 0 Å². The van der Waals surface area contributed by atoms with Crippen LogP contribution in [-0.4, -0.2) is 31.1 Å². The molecule has 3 rings (SSSR count). The van der Waals surface area contributed by atoms with Gasteiger partial charge in [0.1, 0.15) is 11.3 Å². The van der Waals surface area contributed by atoms with E-state index in [1.807, 2.05) is 6.07 Å². The molecule has 1 aliphatic rings. The van der Waals surface area contributed by atoms with Crippen molar-refractivity contribution < 1.29 is 4.42 Å². The SMILES string of the molecule is CCc1oc2ccccc2c1CNCCN(C)C1CC1. The first-order valence-electron chi connectivity index (χ1n) is 7.70. The average molecular weight is 272 g/mol. The van der Waals surface area contributed by atoms with E-state index < -0.39 is 0 Å². The van der Waals surface area contributed by atoms with Crippen LogP contribution in [0.2, 0.25) is 0 Å². The summed E-state index contributed by atoms with van der Waals surface area (Å²) >= 11 is 0. The van der Waals surface area contributed by atoms with Gasteiger partial charge in [0, 0.05) is 43.0 Å². The summed E-state index contributed by atoms with van der Waals surface area (Å²) in [5, 5.41) is 4.82. The van der Waals surface area contributed by atoms with Crippen LogP contribution in [0.3, 0.4) is 0 Å². The molecular formula is C17H24N2O. The minimum absolute atomic E-state index is 0.845. The highest BCUT2D eigenvalue weighted by molar-refractivity contribution is 5.82. The van der Waals surface area contributed by atoms with Crippen LogP contribution in [0.5, 0.6) is 0 Å². The van der Waals surface area contributed by atoms with Gasteiger partial charge in [0.05, 0.1) is 0 Å². The van der Waals surface area contributed by atoms with E-state index in [1.54, 1.807) is 0 Å². The van der Waals surface area contributed by atoms with Gasteiger partial charge in [-0.1, -0.05) is 25.1 Å². The summed E-state index contributed by atoms with van der Waals surface area (Å²) in [6, 6.07) is 9.18. The van der Waals surface area contributed by atoms with Gasteiger partial charge in [-0.25, -0.2) is 0 Å². The van der Waals surface area contributed by atoms with Crippen molar-refractivity contribution in [1.29, 1.82) is 0 Å². The first-order chi connectivity index (χ1) is 9.79. The van der Waals surface area contributed by atoms with E-state index in [2.05, 4.69) is 42.4 Å². The second-order valence-electron chi connectivity index (χ2n) is 5.74. The highest BCUT2D eigenvalue weighted by Gasteiger charge is 2.25. The molecule has 2 aromatic rings. The molecule has 0 saturated heterocycles. The second-order valence-corrected chi connectivity index (χ2v) is 5.74. The lowest BCUT2D eigenvalue weighted by molar-refractivity contribution is 0.321. The van der Waals surface area contributed by atoms with Crippen molar-refractivity contribution in [2.24, 2.45) is 0 Å². The Balaban J connectivity index is 1.61. The molecule has 0 unspecified atom stereocenters. The number of likely N-dealkylation sites (N-methyl/N-ethyl adjacent to an activating group) is 1. The Morgan fingerprint density at radius 1 is 1.30 bits per heavy atom. The van der Waals surface area contributed by atoms with Crippen molar-refractivity contribution in [3.05, 3.63) is 35.6 Å². The van der Waals surface area contributed by atoms with E-state index in [0.29, 0.717) is 0 Å². The van der Waals surface area contributed by atoms with E-state index in [-0.39, 0.29) is 0 Å². The minimum Gasteiger partial charge on any atom is -0.461 e. The normalized spacial score (nSPS) is 15.3. The van der Waals surface area contributed by atoms with Crippen LogP contribution >= 0.6 is 0 Å². The highest BCUT2D eigenvalue weighted by Crippen LogP contribution is 2.26. The fourth-order valence-corrected chi connectivity index (χ4v) is 2.80. The lowest BCUT2D eigenvalue weighted by Crippen LogP contribution is -2.30. The Labute approximate surface area is 120 Å². The summed E-state index contributed by atoms with van der Waals surface area (Å²) < 4.78 is 5.92. The molecule has 1 saturated carbocycles. The van der Waals surface area contributed by atoms with Crippen LogP contribution in [0.4, 0.5) is 0 Å². The van der Waals surface area contributed by atoms with E-state index >= 15 is 0 Å². The van der Waals surface area contributed by atoms with Gasteiger partial charge < -0.3 is 14.6 Å². The Kier molecular flexibility index (Phi) is 4.08. The molecule has 20 heavy (non-hydrogen) atoms. The smallest absolute Gasteiger partial charge is 0.134 e. The Hall–Kier alpha value is -1.32. The third kappa shape index (κ3) is 2.89. The number of hydrogen-bond acceptors (Lipinski definition) is 3. The van der Waals surface area contributed by atoms with Gasteiger partial charge in [0.2, 0.25) is 0 Å². The van der Waals surface area contributed by atoms with Gasteiger partial charge >= 0.3 is 0 Å². The predicted molar refractivity (Wildman–Crippen MR) is 83.0 cm³/mol. The molecule has 0 atom stereocenters. The zero-order valence-corrected chi connectivity index (χ0v) is 12.5. The summed E-state index contributed by atoms with van der Waals surface area (Å²) in [6.07, 6.45) is 3.71. The van der Waals surface area contributed by atoms with E-state index in [1.165, 1.54) is 23.8 Å². The summed E-state index contributed by atoms with van der Waals surface area (Å²) in [5.41, 5.74) is 2.34. The van der Waals surface area contributed by atoms with Gasteiger partial charge in [0.25, 0.3) is 0 Å². The summed E-state index contributed by atoms with van der Waals surface area (Å²) in [5.74, 6) is 1.12. The fourth-order valence-electron chi connectivity index (χ4n) is 2.80. The zero-order valence-electron chi connectivity index (χ0n) is 12.5. The molecule has 1 aromatic carbocycles. The highest BCUT2D eigenvalue weighted by atomic mass is 16.3. The molecule has 0 aliphatic heterocycles. The van der Waals surface area contributed by atoms with Crippen molar-refractivity contribution >= 4 is 11.0 Å². The summed E-state index contributed by atoms with van der Waals surface area (Å²) in [7, 11) is 2.23. The second kappa shape index (κ2) is 5.98. The van der Waals surface area contributed by atoms with Crippen LogP contribution in [0, 0.1) is 0 Å². The number of furan rings is 1. The maximum absolute atomic E-state index is 5.92. The predicted octanol–water partition coefficient (Wildman–Crippen LogP) is 3.18. The van der Waals surface area contributed by atoms with Gasteiger partial charge in [-0.2, -0.15) is 0 Å². The number of fused-ring (bicyclic) bond motifs is 1.